The second-order valence-corrected chi connectivity index (χ2v) is 7.50. The van der Waals surface area contributed by atoms with Gasteiger partial charge >= 0.3 is 6.18 Å². The van der Waals surface area contributed by atoms with Crippen molar-refractivity contribution in [2.75, 3.05) is 0 Å². The Labute approximate surface area is 146 Å². The van der Waals surface area contributed by atoms with Gasteiger partial charge in [-0.3, -0.25) is 4.79 Å². The van der Waals surface area contributed by atoms with Crippen LogP contribution in [0.15, 0.2) is 40.1 Å². The van der Waals surface area contributed by atoms with Crippen LogP contribution < -0.4 is 10.0 Å². The summed E-state index contributed by atoms with van der Waals surface area (Å²) in [6, 6.07) is 2.13. The molecule has 0 aliphatic carbocycles. The first-order valence-corrected chi connectivity index (χ1v) is 9.36. The topological polar surface area (TPSA) is 88.2 Å². The molecule has 1 aromatic carbocycles. The van der Waals surface area contributed by atoms with Crippen molar-refractivity contribution in [3.05, 3.63) is 46.4 Å². The third-order valence-corrected chi connectivity index (χ3v) is 5.30. The second kappa shape index (κ2) is 7.50. The van der Waals surface area contributed by atoms with E-state index in [1.165, 1.54) is 18.3 Å². The molecule has 1 heterocycles. The van der Waals surface area contributed by atoms with Gasteiger partial charge in [0.15, 0.2) is 0 Å². The Kier molecular flexibility index (Phi) is 5.80. The molecule has 11 heteroatoms. The van der Waals surface area contributed by atoms with Gasteiger partial charge in [-0.2, -0.15) is 17.9 Å². The third-order valence-electron chi connectivity index (χ3n) is 3.12. The molecule has 0 radical (unpaired) electrons. The fourth-order valence-corrected chi connectivity index (χ4v) is 3.66. The number of nitrogens with one attached hydrogen (secondary N) is 2. The molecule has 25 heavy (non-hydrogen) atoms. The lowest BCUT2D eigenvalue weighted by Crippen LogP contribution is -2.44. The Bertz CT molecular complexity index is 837. The van der Waals surface area contributed by atoms with Crippen LogP contribution in [0.5, 0.6) is 0 Å². The van der Waals surface area contributed by atoms with Crippen LogP contribution in [0.2, 0.25) is 0 Å². The zero-order chi connectivity index (χ0) is 18.7. The molecule has 0 saturated carbocycles. The van der Waals surface area contributed by atoms with E-state index in [1.54, 1.807) is 10.9 Å². The summed E-state index contributed by atoms with van der Waals surface area (Å²) in [5, 5.41) is 4.21. The van der Waals surface area contributed by atoms with Gasteiger partial charge < -0.3 is 5.32 Å². The Morgan fingerprint density at radius 2 is 2.08 bits per heavy atom. The molecule has 0 bridgehead atoms. The smallest absolute Gasteiger partial charge is 0.349 e. The number of sulfonamides is 1. The molecule has 2 N–H and O–H groups in total. The minimum atomic E-state index is -4.66. The number of alkyl halides is 3. The van der Waals surface area contributed by atoms with Gasteiger partial charge in [-0.15, -0.1) is 11.3 Å². The van der Waals surface area contributed by atoms with Crippen LogP contribution in [0.4, 0.5) is 13.2 Å². The molecule has 1 amide bonds. The molecule has 136 valence electrons. The van der Waals surface area contributed by atoms with Crippen molar-refractivity contribution in [3.8, 4) is 0 Å². The van der Waals surface area contributed by atoms with Gasteiger partial charge in [0.2, 0.25) is 15.9 Å². The predicted octanol–water partition coefficient (Wildman–Crippen LogP) is 2.15. The lowest BCUT2D eigenvalue weighted by Gasteiger charge is -2.15. The molecule has 2 aromatic rings. The summed E-state index contributed by atoms with van der Waals surface area (Å²) in [5.41, 5.74) is 1.11. The molecule has 1 atom stereocenters. The highest BCUT2D eigenvalue weighted by Gasteiger charge is 2.32. The standard InChI is InChI=1S/C14H14F3N3O3S2/c1-9(13(21)18-6-11-7-24-8-19-11)20-25(22,23)12-4-2-3-10(5-12)14(15,16)17/h2-5,7-9,20H,6H2,1H3,(H,18,21)/t9-/m0/s1. The Hall–Kier alpha value is -1.98. The fraction of sp³-hybridized carbons (Fsp3) is 0.286. The fourth-order valence-electron chi connectivity index (χ4n) is 1.85. The Balaban J connectivity index is 2.06. The van der Waals surface area contributed by atoms with E-state index in [4.69, 9.17) is 0 Å². The highest BCUT2D eigenvalue weighted by molar-refractivity contribution is 7.89. The van der Waals surface area contributed by atoms with Crippen molar-refractivity contribution in [1.29, 1.82) is 0 Å². The van der Waals surface area contributed by atoms with Crippen LogP contribution in [0.25, 0.3) is 0 Å². The number of nitrogens with zero attached hydrogens (tertiary/aromatic N) is 1. The number of benzene rings is 1. The molecule has 6 nitrogen and oxygen atoms in total. The van der Waals surface area contributed by atoms with Gasteiger partial charge in [0.05, 0.1) is 34.2 Å². The number of amides is 1. The summed E-state index contributed by atoms with van der Waals surface area (Å²) in [7, 11) is -4.28. The molecular formula is C14H14F3N3O3S2. The third kappa shape index (κ3) is 5.25. The molecule has 0 unspecified atom stereocenters. The molecule has 2 rings (SSSR count). The van der Waals surface area contributed by atoms with E-state index in [0.717, 1.165) is 18.2 Å². The summed E-state index contributed by atoms with van der Waals surface area (Å²) in [6.07, 6.45) is -4.66. The van der Waals surface area contributed by atoms with E-state index < -0.39 is 38.6 Å². The van der Waals surface area contributed by atoms with E-state index >= 15 is 0 Å². The molecule has 0 aliphatic heterocycles. The first kappa shape index (κ1) is 19.3. The number of carbonyl (C=O) groups excluding carboxylic acids is 1. The molecule has 0 fully saturated rings. The van der Waals surface area contributed by atoms with Gasteiger partial charge in [-0.25, -0.2) is 13.4 Å². The van der Waals surface area contributed by atoms with Crippen molar-refractivity contribution in [1.82, 2.24) is 15.0 Å². The minimum Gasteiger partial charge on any atom is -0.349 e. The van der Waals surface area contributed by atoms with Crippen LogP contribution >= 0.6 is 11.3 Å². The van der Waals surface area contributed by atoms with Crippen molar-refractivity contribution < 1.29 is 26.4 Å². The number of thiazole rings is 1. The zero-order valence-electron chi connectivity index (χ0n) is 12.9. The Morgan fingerprint density at radius 3 is 2.68 bits per heavy atom. The normalized spacial score (nSPS) is 13.4. The number of hydrogen-bond donors (Lipinski definition) is 2. The largest absolute Gasteiger partial charge is 0.416 e. The van der Waals surface area contributed by atoms with Crippen LogP contribution in [-0.4, -0.2) is 25.4 Å². The number of aromatic nitrogens is 1. The van der Waals surface area contributed by atoms with Gasteiger partial charge in [-0.05, 0) is 25.1 Å². The van der Waals surface area contributed by atoms with Crippen molar-refractivity contribution >= 4 is 27.3 Å². The lowest BCUT2D eigenvalue weighted by molar-refractivity contribution is -0.137. The summed E-state index contributed by atoms with van der Waals surface area (Å²) in [5.74, 6) is -0.622. The average molecular weight is 393 g/mol. The number of rotatable bonds is 6. The van der Waals surface area contributed by atoms with E-state index in [1.807, 2.05) is 0 Å². The van der Waals surface area contributed by atoms with Crippen LogP contribution in [0.1, 0.15) is 18.2 Å². The number of hydrogen-bond acceptors (Lipinski definition) is 5. The van der Waals surface area contributed by atoms with E-state index in [2.05, 4.69) is 15.0 Å². The summed E-state index contributed by atoms with van der Waals surface area (Å²) >= 11 is 1.34. The molecule has 1 aromatic heterocycles. The molecular weight excluding hydrogens is 379 g/mol. The van der Waals surface area contributed by atoms with Crippen LogP contribution in [-0.2, 0) is 27.5 Å². The summed E-state index contributed by atoms with van der Waals surface area (Å²) in [6.45, 7) is 1.42. The predicted molar refractivity (Wildman–Crippen MR) is 85.2 cm³/mol. The van der Waals surface area contributed by atoms with Crippen molar-refractivity contribution in [3.63, 3.8) is 0 Å². The monoisotopic (exact) mass is 393 g/mol. The van der Waals surface area contributed by atoms with Gasteiger partial charge in [0.25, 0.3) is 0 Å². The van der Waals surface area contributed by atoms with Crippen LogP contribution in [0, 0.1) is 0 Å². The highest BCUT2D eigenvalue weighted by Crippen LogP contribution is 2.30. The average Bonchev–Trinajstić information content (AvgIpc) is 3.05. The minimum absolute atomic E-state index is 0.123. The van der Waals surface area contributed by atoms with E-state index in [-0.39, 0.29) is 6.54 Å². The van der Waals surface area contributed by atoms with Crippen molar-refractivity contribution in [2.45, 2.75) is 30.6 Å². The highest BCUT2D eigenvalue weighted by atomic mass is 32.2. The van der Waals surface area contributed by atoms with Crippen LogP contribution in [0.3, 0.4) is 0 Å². The maximum atomic E-state index is 12.7. The van der Waals surface area contributed by atoms with E-state index in [0.29, 0.717) is 11.8 Å². The first-order valence-electron chi connectivity index (χ1n) is 6.94. The quantitative estimate of drug-likeness (QED) is 0.787. The molecule has 0 saturated heterocycles. The van der Waals surface area contributed by atoms with Gasteiger partial charge in [-0.1, -0.05) is 6.07 Å². The van der Waals surface area contributed by atoms with Gasteiger partial charge in [0.1, 0.15) is 0 Å². The maximum Gasteiger partial charge on any atom is 0.416 e. The lowest BCUT2D eigenvalue weighted by atomic mass is 10.2. The maximum absolute atomic E-state index is 12.7. The molecule has 0 aliphatic rings. The van der Waals surface area contributed by atoms with Crippen molar-refractivity contribution in [2.24, 2.45) is 0 Å². The second-order valence-electron chi connectivity index (χ2n) is 5.07. The summed E-state index contributed by atoms with van der Waals surface area (Å²) < 4.78 is 64.5. The number of halogens is 3. The number of carbonyl (C=O) groups is 1. The first-order chi connectivity index (χ1) is 11.6. The van der Waals surface area contributed by atoms with E-state index in [9.17, 15) is 26.4 Å². The van der Waals surface area contributed by atoms with Gasteiger partial charge in [0, 0.05) is 5.38 Å². The zero-order valence-corrected chi connectivity index (χ0v) is 14.5. The Morgan fingerprint density at radius 1 is 1.36 bits per heavy atom. The summed E-state index contributed by atoms with van der Waals surface area (Å²) in [4.78, 5) is 15.3. The SMILES string of the molecule is C[C@H](NS(=O)(=O)c1cccc(C(F)(F)F)c1)C(=O)NCc1cscn1. The molecule has 0 spiro atoms.